The molecule has 0 saturated carbocycles. The van der Waals surface area contributed by atoms with Gasteiger partial charge in [0.1, 0.15) is 0 Å². The van der Waals surface area contributed by atoms with Gasteiger partial charge in [-0.15, -0.1) is 0 Å². The molecule has 106 valence electrons. The molecule has 0 aliphatic carbocycles. The number of halogens is 1. The molecule has 1 fully saturated rings. The minimum atomic E-state index is -3.90. The molecule has 1 aliphatic heterocycles. The summed E-state index contributed by atoms with van der Waals surface area (Å²) in [6.45, 7) is 0.870. The van der Waals surface area contributed by atoms with Crippen LogP contribution in [0, 0.1) is 5.82 Å². The molecule has 7 heteroatoms. The highest BCUT2D eigenvalue weighted by atomic mass is 32.2. The second-order valence-electron chi connectivity index (χ2n) is 4.56. The fourth-order valence-corrected chi connectivity index (χ4v) is 3.21. The Morgan fingerprint density at radius 2 is 2.32 bits per heavy atom. The van der Waals surface area contributed by atoms with Crippen LogP contribution < -0.4 is 0 Å². The molecule has 0 bridgehead atoms. The number of pyridine rings is 1. The molecular weight excluding hydrogens is 271 g/mol. The largest absolute Gasteiger partial charge is 0.377 e. The molecule has 5 nitrogen and oxygen atoms in total. The van der Waals surface area contributed by atoms with E-state index in [0.29, 0.717) is 6.61 Å². The Hall–Kier alpha value is -1.05. The molecule has 19 heavy (non-hydrogen) atoms. The fourth-order valence-electron chi connectivity index (χ4n) is 2.04. The van der Waals surface area contributed by atoms with Crippen LogP contribution in [0.25, 0.3) is 0 Å². The molecule has 1 atom stereocenters. The maximum Gasteiger partial charge on any atom is 0.263 e. The fraction of sp³-hybridized carbons (Fsp3) is 0.583. The highest BCUT2D eigenvalue weighted by Crippen LogP contribution is 2.19. The van der Waals surface area contributed by atoms with Gasteiger partial charge in [-0.05, 0) is 31.4 Å². The van der Waals surface area contributed by atoms with Crippen LogP contribution in [-0.2, 0) is 14.8 Å². The van der Waals surface area contributed by atoms with Gasteiger partial charge in [-0.1, -0.05) is 0 Å². The van der Waals surface area contributed by atoms with E-state index in [0.717, 1.165) is 29.6 Å². The zero-order valence-electron chi connectivity index (χ0n) is 10.8. The number of hydrogen-bond acceptors (Lipinski definition) is 4. The number of aromatic nitrogens is 1. The lowest BCUT2D eigenvalue weighted by atomic mass is 10.1. The number of ether oxygens (including phenoxy) is 1. The first kappa shape index (κ1) is 14.4. The summed E-state index contributed by atoms with van der Waals surface area (Å²) in [5.74, 6) is -0.834. The topological polar surface area (TPSA) is 59.5 Å². The Kier molecular flexibility index (Phi) is 4.49. The summed E-state index contributed by atoms with van der Waals surface area (Å²) in [6, 6.07) is 2.45. The highest BCUT2D eigenvalue weighted by Gasteiger charge is 2.28. The lowest BCUT2D eigenvalue weighted by molar-refractivity contribution is 0.00854. The smallest absolute Gasteiger partial charge is 0.263 e. The molecule has 1 aliphatic rings. The lowest BCUT2D eigenvalue weighted by Gasteiger charge is -2.26. The average Bonchev–Trinajstić information content (AvgIpc) is 2.40. The van der Waals surface area contributed by atoms with Crippen molar-refractivity contribution in [3.05, 3.63) is 24.1 Å². The maximum atomic E-state index is 13.5. The van der Waals surface area contributed by atoms with E-state index in [1.807, 2.05) is 0 Å². The lowest BCUT2D eigenvalue weighted by Crippen LogP contribution is -2.37. The molecule has 1 unspecified atom stereocenters. The Labute approximate surface area is 112 Å². The van der Waals surface area contributed by atoms with Crippen molar-refractivity contribution in [3.63, 3.8) is 0 Å². The van der Waals surface area contributed by atoms with Crippen LogP contribution in [0.3, 0.4) is 0 Å². The van der Waals surface area contributed by atoms with Crippen LogP contribution in [0.5, 0.6) is 0 Å². The summed E-state index contributed by atoms with van der Waals surface area (Å²) in [6.07, 6.45) is 3.99. The van der Waals surface area contributed by atoms with E-state index in [2.05, 4.69) is 4.98 Å². The molecule has 0 aromatic carbocycles. The third-order valence-corrected chi connectivity index (χ3v) is 4.87. The summed E-state index contributed by atoms with van der Waals surface area (Å²) >= 11 is 0. The average molecular weight is 288 g/mol. The highest BCUT2D eigenvalue weighted by molar-refractivity contribution is 7.89. The predicted octanol–water partition coefficient (Wildman–Crippen LogP) is 1.41. The van der Waals surface area contributed by atoms with Gasteiger partial charge in [0.25, 0.3) is 10.0 Å². The molecule has 2 heterocycles. The summed E-state index contributed by atoms with van der Waals surface area (Å²) < 4.78 is 44.5. The number of hydrogen-bond donors (Lipinski definition) is 0. The van der Waals surface area contributed by atoms with Crippen LogP contribution >= 0.6 is 0 Å². The van der Waals surface area contributed by atoms with Gasteiger partial charge in [-0.3, -0.25) is 0 Å². The van der Waals surface area contributed by atoms with Gasteiger partial charge < -0.3 is 4.74 Å². The first-order valence-electron chi connectivity index (χ1n) is 6.20. The van der Waals surface area contributed by atoms with Gasteiger partial charge in [0.2, 0.25) is 5.03 Å². The van der Waals surface area contributed by atoms with Crippen molar-refractivity contribution in [2.75, 3.05) is 20.2 Å². The Bertz CT molecular complexity index is 530. The summed E-state index contributed by atoms with van der Waals surface area (Å²) in [5, 5.41) is -0.534. The van der Waals surface area contributed by atoms with E-state index < -0.39 is 20.9 Å². The molecule has 0 spiro atoms. The number of sulfonamides is 1. The first-order chi connectivity index (χ1) is 9.01. The van der Waals surface area contributed by atoms with E-state index in [4.69, 9.17) is 4.74 Å². The van der Waals surface area contributed by atoms with Crippen molar-refractivity contribution >= 4 is 10.0 Å². The van der Waals surface area contributed by atoms with Crippen molar-refractivity contribution in [2.24, 2.45) is 0 Å². The Morgan fingerprint density at radius 3 is 2.95 bits per heavy atom. The van der Waals surface area contributed by atoms with Crippen LogP contribution in [-0.4, -0.2) is 44.0 Å². The second-order valence-corrected chi connectivity index (χ2v) is 6.52. The van der Waals surface area contributed by atoms with Gasteiger partial charge in [-0.25, -0.2) is 17.8 Å². The van der Waals surface area contributed by atoms with E-state index in [1.165, 1.54) is 19.3 Å². The minimum absolute atomic E-state index is 0.125. The first-order valence-corrected chi connectivity index (χ1v) is 7.64. The van der Waals surface area contributed by atoms with Crippen molar-refractivity contribution in [3.8, 4) is 0 Å². The van der Waals surface area contributed by atoms with E-state index in [9.17, 15) is 12.8 Å². The Balaban J connectivity index is 2.13. The quantitative estimate of drug-likeness (QED) is 0.840. The van der Waals surface area contributed by atoms with Crippen molar-refractivity contribution < 1.29 is 17.5 Å². The third-order valence-electron chi connectivity index (χ3n) is 3.11. The van der Waals surface area contributed by atoms with Crippen LogP contribution in [0.15, 0.2) is 23.4 Å². The molecule has 0 radical (unpaired) electrons. The standard InChI is InChI=1S/C12H17FN2O3S/c1-15(9-10-5-2-3-8-18-10)19(16,17)12-11(13)6-4-7-14-12/h4,6-7,10H,2-3,5,8-9H2,1H3. The van der Waals surface area contributed by atoms with Crippen molar-refractivity contribution in [1.82, 2.24) is 9.29 Å². The van der Waals surface area contributed by atoms with E-state index >= 15 is 0 Å². The van der Waals surface area contributed by atoms with Crippen LogP contribution in [0.1, 0.15) is 19.3 Å². The van der Waals surface area contributed by atoms with Gasteiger partial charge in [0.05, 0.1) is 6.10 Å². The summed E-state index contributed by atoms with van der Waals surface area (Å²) in [5.41, 5.74) is 0. The van der Waals surface area contributed by atoms with Crippen molar-refractivity contribution in [2.45, 2.75) is 30.4 Å². The molecule has 1 aromatic rings. The van der Waals surface area contributed by atoms with E-state index in [1.54, 1.807) is 0 Å². The van der Waals surface area contributed by atoms with Gasteiger partial charge in [-0.2, -0.15) is 4.31 Å². The van der Waals surface area contributed by atoms with Crippen molar-refractivity contribution in [1.29, 1.82) is 0 Å². The third kappa shape index (κ3) is 3.29. The van der Waals surface area contributed by atoms with E-state index in [-0.39, 0.29) is 12.6 Å². The SMILES string of the molecule is CN(CC1CCCCO1)S(=O)(=O)c1ncccc1F. The minimum Gasteiger partial charge on any atom is -0.377 e. The number of nitrogens with zero attached hydrogens (tertiary/aromatic N) is 2. The molecular formula is C12H17FN2O3S. The van der Waals surface area contributed by atoms with Crippen LogP contribution in [0.2, 0.25) is 0 Å². The zero-order valence-corrected chi connectivity index (χ0v) is 11.6. The molecule has 1 saturated heterocycles. The maximum absolute atomic E-state index is 13.5. The summed E-state index contributed by atoms with van der Waals surface area (Å²) in [7, 11) is -2.48. The second kappa shape index (κ2) is 5.94. The zero-order chi connectivity index (χ0) is 13.9. The number of rotatable bonds is 4. The Morgan fingerprint density at radius 1 is 1.53 bits per heavy atom. The van der Waals surface area contributed by atoms with Gasteiger partial charge >= 0.3 is 0 Å². The molecule has 1 aromatic heterocycles. The molecule has 2 rings (SSSR count). The van der Waals surface area contributed by atoms with Gasteiger partial charge in [0.15, 0.2) is 5.82 Å². The van der Waals surface area contributed by atoms with Gasteiger partial charge in [0, 0.05) is 26.4 Å². The predicted molar refractivity (Wildman–Crippen MR) is 67.6 cm³/mol. The normalized spacial score (nSPS) is 20.7. The molecule has 0 N–H and O–H groups in total. The van der Waals surface area contributed by atoms with Crippen LogP contribution in [0.4, 0.5) is 4.39 Å². The number of likely N-dealkylation sites (N-methyl/N-ethyl adjacent to an activating group) is 1. The monoisotopic (exact) mass is 288 g/mol. The summed E-state index contributed by atoms with van der Waals surface area (Å²) in [4.78, 5) is 3.62. The molecule has 0 amide bonds.